The summed E-state index contributed by atoms with van der Waals surface area (Å²) in [5.41, 5.74) is 0.510. The molecule has 0 aromatic heterocycles. The number of alkyl halides is 2. The summed E-state index contributed by atoms with van der Waals surface area (Å²) < 4.78 is 25.4. The van der Waals surface area contributed by atoms with E-state index in [9.17, 15) is 8.78 Å². The molecule has 1 fully saturated rings. The second kappa shape index (κ2) is 4.72. The Kier molecular flexibility index (Phi) is 3.78. The summed E-state index contributed by atoms with van der Waals surface area (Å²) in [5, 5.41) is 7.54. The van der Waals surface area contributed by atoms with Crippen molar-refractivity contribution in [2.24, 2.45) is 10.9 Å². The van der Waals surface area contributed by atoms with Crippen molar-refractivity contribution < 1.29 is 8.78 Å². The Bertz CT molecular complexity index is 315. The highest BCUT2D eigenvalue weighted by Crippen LogP contribution is 2.30. The largest absolute Gasteiger partial charge is 0.345 e. The molecule has 0 aromatic rings. The summed E-state index contributed by atoms with van der Waals surface area (Å²) in [6.07, 6.45) is 2.50. The number of nitrogens with zero attached hydrogens (tertiary/aromatic N) is 2. The molecule has 0 bridgehead atoms. The second-order valence-electron chi connectivity index (χ2n) is 4.09. The molecule has 0 spiro atoms. The van der Waals surface area contributed by atoms with Crippen molar-refractivity contribution in [1.82, 2.24) is 4.90 Å². The zero-order valence-corrected chi connectivity index (χ0v) is 9.63. The van der Waals surface area contributed by atoms with Crippen LogP contribution >= 0.6 is 0 Å². The van der Waals surface area contributed by atoms with Crippen molar-refractivity contribution in [3.05, 3.63) is 11.9 Å². The lowest BCUT2D eigenvalue weighted by atomic mass is 10.0. The molecular weight excluding hydrogens is 212 g/mol. The Labute approximate surface area is 94.4 Å². The van der Waals surface area contributed by atoms with Gasteiger partial charge >= 0.3 is 0 Å². The van der Waals surface area contributed by atoms with Crippen LogP contribution in [0.25, 0.3) is 0 Å². The number of halogens is 2. The van der Waals surface area contributed by atoms with Crippen molar-refractivity contribution in [1.29, 1.82) is 5.41 Å². The SMILES string of the molecule is C=N/C(=C\C(CC)C(C)=N)N1CC(F)(F)C1. The van der Waals surface area contributed by atoms with Crippen molar-refractivity contribution in [2.45, 2.75) is 26.2 Å². The summed E-state index contributed by atoms with van der Waals surface area (Å²) >= 11 is 0. The quantitative estimate of drug-likeness (QED) is 0.723. The van der Waals surface area contributed by atoms with Gasteiger partial charge in [-0.2, -0.15) is 0 Å². The van der Waals surface area contributed by atoms with E-state index in [1.807, 2.05) is 6.92 Å². The van der Waals surface area contributed by atoms with Gasteiger partial charge in [-0.3, -0.25) is 0 Å². The van der Waals surface area contributed by atoms with Crippen LogP contribution in [0.2, 0.25) is 0 Å². The number of likely N-dealkylation sites (tertiary alicyclic amines) is 1. The molecule has 1 N–H and O–H groups in total. The molecule has 1 saturated heterocycles. The first-order valence-electron chi connectivity index (χ1n) is 5.26. The third-order valence-corrected chi connectivity index (χ3v) is 2.68. The summed E-state index contributed by atoms with van der Waals surface area (Å²) in [6, 6.07) is 0. The molecule has 3 nitrogen and oxygen atoms in total. The van der Waals surface area contributed by atoms with Crippen LogP contribution in [-0.4, -0.2) is 36.3 Å². The average Bonchev–Trinajstić information content (AvgIpc) is 2.15. The Morgan fingerprint density at radius 2 is 2.19 bits per heavy atom. The maximum Gasteiger partial charge on any atom is 0.282 e. The van der Waals surface area contributed by atoms with Gasteiger partial charge in [-0.1, -0.05) is 6.92 Å². The molecule has 0 amide bonds. The van der Waals surface area contributed by atoms with E-state index < -0.39 is 5.92 Å². The highest BCUT2D eigenvalue weighted by molar-refractivity contribution is 5.82. The smallest absolute Gasteiger partial charge is 0.282 e. The minimum Gasteiger partial charge on any atom is -0.345 e. The lowest BCUT2D eigenvalue weighted by Gasteiger charge is -2.40. The summed E-state index contributed by atoms with van der Waals surface area (Å²) in [6.45, 7) is 6.44. The van der Waals surface area contributed by atoms with Crippen LogP contribution in [0.5, 0.6) is 0 Å². The number of allylic oxidation sites excluding steroid dienone is 1. The zero-order chi connectivity index (χ0) is 12.3. The van der Waals surface area contributed by atoms with Crippen LogP contribution in [0.4, 0.5) is 8.78 Å². The van der Waals surface area contributed by atoms with Crippen molar-refractivity contribution in [3.63, 3.8) is 0 Å². The first-order valence-corrected chi connectivity index (χ1v) is 5.26. The van der Waals surface area contributed by atoms with Gasteiger partial charge in [0.05, 0.1) is 13.1 Å². The summed E-state index contributed by atoms with van der Waals surface area (Å²) in [4.78, 5) is 5.24. The van der Waals surface area contributed by atoms with E-state index >= 15 is 0 Å². The number of rotatable bonds is 5. The van der Waals surface area contributed by atoms with Crippen molar-refractivity contribution in [3.8, 4) is 0 Å². The number of hydrogen-bond donors (Lipinski definition) is 1. The highest BCUT2D eigenvalue weighted by atomic mass is 19.3. The van der Waals surface area contributed by atoms with Gasteiger partial charge in [0.25, 0.3) is 5.92 Å². The molecule has 1 heterocycles. The fourth-order valence-corrected chi connectivity index (χ4v) is 1.66. The molecule has 90 valence electrons. The third kappa shape index (κ3) is 2.87. The molecular formula is C11H17F2N3. The minimum absolute atomic E-state index is 0.0466. The average molecular weight is 229 g/mol. The van der Waals surface area contributed by atoms with Gasteiger partial charge < -0.3 is 10.3 Å². The fourth-order valence-electron chi connectivity index (χ4n) is 1.66. The molecule has 0 saturated carbocycles. The molecule has 0 radical (unpaired) electrons. The third-order valence-electron chi connectivity index (χ3n) is 2.68. The van der Waals surface area contributed by atoms with E-state index in [-0.39, 0.29) is 19.0 Å². The lowest BCUT2D eigenvalue weighted by Crippen LogP contribution is -2.55. The predicted octanol–water partition coefficient (Wildman–Crippen LogP) is 2.55. The fraction of sp³-hybridized carbons (Fsp3) is 0.636. The highest BCUT2D eigenvalue weighted by Gasteiger charge is 2.44. The Hall–Kier alpha value is -1.26. The van der Waals surface area contributed by atoms with Crippen LogP contribution in [0.1, 0.15) is 20.3 Å². The van der Waals surface area contributed by atoms with Crippen LogP contribution < -0.4 is 0 Å². The van der Waals surface area contributed by atoms with Gasteiger partial charge in [-0.25, -0.2) is 13.8 Å². The zero-order valence-electron chi connectivity index (χ0n) is 9.63. The molecule has 1 atom stereocenters. The monoisotopic (exact) mass is 229 g/mol. The second-order valence-corrected chi connectivity index (χ2v) is 4.09. The van der Waals surface area contributed by atoms with Crippen LogP contribution in [0, 0.1) is 11.3 Å². The maximum absolute atomic E-state index is 12.7. The standard InChI is InChI=1S/C11H17F2N3/c1-4-9(8(2)14)5-10(15-3)16-6-11(12,13)7-16/h5,9,14H,3-4,6-7H2,1-2H3/b10-5+,14-8?. The van der Waals surface area contributed by atoms with Gasteiger partial charge in [-0.15, -0.1) is 0 Å². The van der Waals surface area contributed by atoms with E-state index in [1.165, 1.54) is 4.90 Å². The molecule has 16 heavy (non-hydrogen) atoms. The normalized spacial score (nSPS) is 21.2. The first-order chi connectivity index (χ1) is 7.39. The molecule has 1 rings (SSSR count). The first kappa shape index (κ1) is 12.8. The number of aliphatic imine (C=N–C) groups is 1. The molecule has 0 aliphatic carbocycles. The molecule has 5 heteroatoms. The lowest BCUT2D eigenvalue weighted by molar-refractivity contribution is -0.116. The van der Waals surface area contributed by atoms with Crippen LogP contribution in [0.3, 0.4) is 0 Å². The van der Waals surface area contributed by atoms with E-state index in [0.29, 0.717) is 11.5 Å². The van der Waals surface area contributed by atoms with E-state index in [0.717, 1.165) is 6.42 Å². The molecule has 1 aliphatic rings. The Morgan fingerprint density at radius 1 is 1.62 bits per heavy atom. The number of hydrogen-bond acceptors (Lipinski definition) is 3. The van der Waals surface area contributed by atoms with Crippen molar-refractivity contribution >= 4 is 12.4 Å². The van der Waals surface area contributed by atoms with Gasteiger partial charge in [0, 0.05) is 11.6 Å². The van der Waals surface area contributed by atoms with Crippen molar-refractivity contribution in [2.75, 3.05) is 13.1 Å². The van der Waals surface area contributed by atoms with Crippen LogP contribution in [-0.2, 0) is 0 Å². The Morgan fingerprint density at radius 3 is 2.50 bits per heavy atom. The van der Waals surface area contributed by atoms with Crippen LogP contribution in [0.15, 0.2) is 16.9 Å². The molecule has 1 aliphatic heterocycles. The Balaban J connectivity index is 2.71. The molecule has 1 unspecified atom stereocenters. The predicted molar refractivity (Wildman–Crippen MR) is 61.3 cm³/mol. The van der Waals surface area contributed by atoms with Gasteiger partial charge in [0.1, 0.15) is 5.82 Å². The summed E-state index contributed by atoms with van der Waals surface area (Å²) in [5.74, 6) is -2.19. The molecule has 0 aromatic carbocycles. The topological polar surface area (TPSA) is 39.5 Å². The van der Waals surface area contributed by atoms with Gasteiger partial charge in [0.15, 0.2) is 0 Å². The van der Waals surface area contributed by atoms with Gasteiger partial charge in [0.2, 0.25) is 0 Å². The van der Waals surface area contributed by atoms with Gasteiger partial charge in [-0.05, 0) is 26.1 Å². The van der Waals surface area contributed by atoms with E-state index in [4.69, 9.17) is 5.41 Å². The summed E-state index contributed by atoms with van der Waals surface area (Å²) in [7, 11) is 0. The number of nitrogens with one attached hydrogen (secondary N) is 1. The minimum atomic E-state index is -2.61. The maximum atomic E-state index is 12.7. The van der Waals surface area contributed by atoms with E-state index in [1.54, 1.807) is 13.0 Å². The van der Waals surface area contributed by atoms with E-state index in [2.05, 4.69) is 11.7 Å².